The van der Waals surface area contributed by atoms with Crippen LogP contribution in [-0.4, -0.2) is 18.9 Å². The summed E-state index contributed by atoms with van der Waals surface area (Å²) < 4.78 is 39.2. The molecule has 6 heteroatoms. The molecule has 0 saturated carbocycles. The molecule has 0 radical (unpaired) electrons. The van der Waals surface area contributed by atoms with Crippen LogP contribution in [0.25, 0.3) is 21.5 Å². The van der Waals surface area contributed by atoms with Gasteiger partial charge in [0.1, 0.15) is 15.9 Å². The summed E-state index contributed by atoms with van der Waals surface area (Å²) in [4.78, 5) is 12.0. The van der Waals surface area contributed by atoms with E-state index in [1.807, 2.05) is 32.9 Å². The maximum atomic E-state index is 12.2. The SMILES string of the molecule is CCC(C)(C)C(=O)Oc1ccc2cc3ccc(S(=O)(=O)[O-])cc3cc2c1. The lowest BCUT2D eigenvalue weighted by Gasteiger charge is -2.20. The third kappa shape index (κ3) is 3.57. The molecule has 0 aliphatic heterocycles. The maximum absolute atomic E-state index is 12.2. The van der Waals surface area contributed by atoms with Crippen LogP contribution in [0.4, 0.5) is 0 Å². The first-order valence-corrected chi connectivity index (χ1v) is 9.67. The lowest BCUT2D eigenvalue weighted by atomic mass is 9.91. The van der Waals surface area contributed by atoms with E-state index in [1.54, 1.807) is 24.3 Å². The predicted molar refractivity (Wildman–Crippen MR) is 99.1 cm³/mol. The Labute approximate surface area is 152 Å². The summed E-state index contributed by atoms with van der Waals surface area (Å²) in [5.74, 6) is 0.121. The zero-order valence-corrected chi connectivity index (χ0v) is 15.6. The third-order valence-electron chi connectivity index (χ3n) is 4.67. The molecule has 0 unspecified atom stereocenters. The molecule has 3 aromatic rings. The Morgan fingerprint density at radius 2 is 1.54 bits per heavy atom. The summed E-state index contributed by atoms with van der Waals surface area (Å²) >= 11 is 0. The second-order valence-corrected chi connectivity index (χ2v) is 8.33. The average molecular weight is 371 g/mol. The highest BCUT2D eigenvalue weighted by molar-refractivity contribution is 7.85. The number of fused-ring (bicyclic) bond motifs is 2. The Morgan fingerprint density at radius 1 is 0.962 bits per heavy atom. The Bertz CT molecular complexity index is 1110. The maximum Gasteiger partial charge on any atom is 0.316 e. The number of carbonyl (C=O) groups excluding carboxylic acids is 1. The van der Waals surface area contributed by atoms with Gasteiger partial charge in [-0.15, -0.1) is 0 Å². The Hall–Kier alpha value is -2.44. The van der Waals surface area contributed by atoms with Crippen LogP contribution in [0.15, 0.2) is 53.4 Å². The van der Waals surface area contributed by atoms with Crippen molar-refractivity contribution in [1.82, 2.24) is 0 Å². The molecule has 3 rings (SSSR count). The monoisotopic (exact) mass is 371 g/mol. The fourth-order valence-corrected chi connectivity index (χ4v) is 3.07. The van der Waals surface area contributed by atoms with Crippen LogP contribution in [0.5, 0.6) is 5.75 Å². The molecule has 3 aromatic carbocycles. The third-order valence-corrected chi connectivity index (χ3v) is 5.51. The van der Waals surface area contributed by atoms with E-state index < -0.39 is 15.5 Å². The number of ether oxygens (including phenoxy) is 1. The highest BCUT2D eigenvalue weighted by Crippen LogP contribution is 2.29. The topological polar surface area (TPSA) is 83.5 Å². The molecule has 0 saturated heterocycles. The van der Waals surface area contributed by atoms with Gasteiger partial charge in [0, 0.05) is 0 Å². The number of benzene rings is 3. The van der Waals surface area contributed by atoms with E-state index in [0.29, 0.717) is 17.6 Å². The summed E-state index contributed by atoms with van der Waals surface area (Å²) in [5.41, 5.74) is -0.574. The van der Waals surface area contributed by atoms with E-state index >= 15 is 0 Å². The number of hydrogen-bond acceptors (Lipinski definition) is 5. The van der Waals surface area contributed by atoms with Crippen molar-refractivity contribution in [3.63, 3.8) is 0 Å². The molecule has 0 bridgehead atoms. The predicted octanol–water partition coefficient (Wildman–Crippen LogP) is 4.24. The Balaban J connectivity index is 2.05. The van der Waals surface area contributed by atoms with Crippen LogP contribution in [-0.2, 0) is 14.9 Å². The van der Waals surface area contributed by atoms with Gasteiger partial charge in [0.25, 0.3) is 0 Å². The molecule has 0 amide bonds. The van der Waals surface area contributed by atoms with Gasteiger partial charge < -0.3 is 9.29 Å². The molecular formula is C20H19O5S-. The molecule has 0 heterocycles. The van der Waals surface area contributed by atoms with E-state index in [1.165, 1.54) is 12.1 Å². The second kappa shape index (κ2) is 6.37. The summed E-state index contributed by atoms with van der Waals surface area (Å²) in [5, 5.41) is 3.16. The molecule has 0 N–H and O–H groups in total. The van der Waals surface area contributed by atoms with Crippen molar-refractivity contribution in [3.8, 4) is 5.75 Å². The summed E-state index contributed by atoms with van der Waals surface area (Å²) in [6.45, 7) is 5.58. The minimum atomic E-state index is -4.51. The molecule has 0 aliphatic carbocycles. The minimum Gasteiger partial charge on any atom is -0.744 e. The minimum absolute atomic E-state index is 0.267. The molecule has 0 aromatic heterocycles. The van der Waals surface area contributed by atoms with E-state index in [9.17, 15) is 17.8 Å². The first kappa shape index (κ1) is 18.4. The van der Waals surface area contributed by atoms with E-state index in [-0.39, 0.29) is 10.9 Å². The lowest BCUT2D eigenvalue weighted by molar-refractivity contribution is -0.144. The van der Waals surface area contributed by atoms with Gasteiger partial charge in [0.05, 0.1) is 10.3 Å². The van der Waals surface area contributed by atoms with E-state index in [0.717, 1.165) is 16.2 Å². The van der Waals surface area contributed by atoms with Crippen molar-refractivity contribution in [3.05, 3.63) is 48.5 Å². The van der Waals surface area contributed by atoms with Crippen molar-refractivity contribution in [2.45, 2.75) is 32.1 Å². The van der Waals surface area contributed by atoms with Crippen molar-refractivity contribution in [2.24, 2.45) is 5.41 Å². The zero-order valence-electron chi connectivity index (χ0n) is 14.8. The highest BCUT2D eigenvalue weighted by Gasteiger charge is 2.27. The Morgan fingerprint density at radius 3 is 2.15 bits per heavy atom. The van der Waals surface area contributed by atoms with Crippen molar-refractivity contribution in [1.29, 1.82) is 0 Å². The van der Waals surface area contributed by atoms with Crippen molar-refractivity contribution >= 4 is 37.6 Å². The van der Waals surface area contributed by atoms with Crippen LogP contribution >= 0.6 is 0 Å². The van der Waals surface area contributed by atoms with Crippen LogP contribution in [0.3, 0.4) is 0 Å². The fourth-order valence-electron chi connectivity index (χ4n) is 2.56. The molecule has 0 spiro atoms. The summed E-state index contributed by atoms with van der Waals surface area (Å²) in [6.07, 6.45) is 0.663. The van der Waals surface area contributed by atoms with Gasteiger partial charge in [-0.1, -0.05) is 19.1 Å². The van der Waals surface area contributed by atoms with Crippen LogP contribution in [0.1, 0.15) is 27.2 Å². The quantitative estimate of drug-likeness (QED) is 0.296. The Kier molecular flexibility index (Phi) is 4.50. The number of rotatable bonds is 4. The van der Waals surface area contributed by atoms with Gasteiger partial charge in [-0.3, -0.25) is 4.79 Å². The van der Waals surface area contributed by atoms with Gasteiger partial charge in [-0.25, -0.2) is 8.42 Å². The molecular weight excluding hydrogens is 352 g/mol. The van der Waals surface area contributed by atoms with Gasteiger partial charge in [0.15, 0.2) is 0 Å². The molecule has 0 atom stereocenters. The molecule has 0 aliphatic rings. The summed E-state index contributed by atoms with van der Waals surface area (Å²) in [7, 11) is -4.51. The van der Waals surface area contributed by atoms with Crippen LogP contribution in [0, 0.1) is 5.41 Å². The van der Waals surface area contributed by atoms with Gasteiger partial charge in [-0.05, 0) is 78.2 Å². The van der Waals surface area contributed by atoms with Crippen molar-refractivity contribution < 1.29 is 22.5 Å². The fraction of sp³-hybridized carbons (Fsp3) is 0.250. The largest absolute Gasteiger partial charge is 0.744 e. The smallest absolute Gasteiger partial charge is 0.316 e. The molecule has 0 fully saturated rings. The lowest BCUT2D eigenvalue weighted by Crippen LogP contribution is -2.28. The first-order chi connectivity index (χ1) is 12.1. The van der Waals surface area contributed by atoms with Gasteiger partial charge in [0.2, 0.25) is 0 Å². The molecule has 5 nitrogen and oxygen atoms in total. The van der Waals surface area contributed by atoms with Crippen molar-refractivity contribution in [2.75, 3.05) is 0 Å². The summed E-state index contributed by atoms with van der Waals surface area (Å²) in [6, 6.07) is 13.3. The standard InChI is InChI=1S/C20H20O5S/c1-4-20(2,3)19(21)25-17-7-5-13-9-14-6-8-18(26(22,23)24)12-16(14)10-15(13)11-17/h5-12H,4H2,1-3H3,(H,22,23,24)/p-1. The van der Waals surface area contributed by atoms with Crippen LogP contribution in [0.2, 0.25) is 0 Å². The average Bonchev–Trinajstić information content (AvgIpc) is 2.58. The van der Waals surface area contributed by atoms with Gasteiger partial charge in [-0.2, -0.15) is 0 Å². The van der Waals surface area contributed by atoms with E-state index in [4.69, 9.17) is 4.74 Å². The normalized spacial score (nSPS) is 12.5. The number of hydrogen-bond donors (Lipinski definition) is 0. The first-order valence-electron chi connectivity index (χ1n) is 8.26. The van der Waals surface area contributed by atoms with E-state index in [2.05, 4.69) is 0 Å². The van der Waals surface area contributed by atoms with Crippen LogP contribution < -0.4 is 4.74 Å². The molecule has 26 heavy (non-hydrogen) atoms. The van der Waals surface area contributed by atoms with Gasteiger partial charge >= 0.3 is 5.97 Å². The number of esters is 1. The highest BCUT2D eigenvalue weighted by atomic mass is 32.2. The number of carbonyl (C=O) groups is 1. The second-order valence-electron chi connectivity index (χ2n) is 6.95. The molecule has 136 valence electrons. The zero-order chi connectivity index (χ0) is 19.1.